The first kappa shape index (κ1) is 13.2. The average Bonchev–Trinajstić information content (AvgIpc) is 2.83. The molecule has 108 valence electrons. The Labute approximate surface area is 113 Å². The molecular weight excluding hydrogens is 271 g/mol. The highest BCUT2D eigenvalue weighted by Gasteiger charge is 2.53. The second kappa shape index (κ2) is 4.66. The van der Waals surface area contributed by atoms with Crippen molar-refractivity contribution in [3.05, 3.63) is 29.8 Å². The maximum absolute atomic E-state index is 12.5. The molecule has 2 unspecified atom stereocenters. The van der Waals surface area contributed by atoms with Crippen molar-refractivity contribution < 1.29 is 18.0 Å². The lowest BCUT2D eigenvalue weighted by Crippen LogP contribution is -2.35. The van der Waals surface area contributed by atoms with Gasteiger partial charge in [-0.05, 0) is 30.0 Å². The third-order valence-electron chi connectivity index (χ3n) is 3.84. The molecule has 1 aliphatic carbocycles. The van der Waals surface area contributed by atoms with Crippen LogP contribution in [0, 0.1) is 11.8 Å². The number of benzene rings is 1. The lowest BCUT2D eigenvalue weighted by molar-refractivity contribution is -0.137. The van der Waals surface area contributed by atoms with Gasteiger partial charge in [0.1, 0.15) is 0 Å². The zero-order valence-electron chi connectivity index (χ0n) is 10.5. The van der Waals surface area contributed by atoms with E-state index in [1.54, 1.807) is 0 Å². The molecule has 2 aliphatic rings. The fourth-order valence-electron chi connectivity index (χ4n) is 2.72. The van der Waals surface area contributed by atoms with Gasteiger partial charge < -0.3 is 16.0 Å². The highest BCUT2D eigenvalue weighted by molar-refractivity contribution is 5.89. The summed E-state index contributed by atoms with van der Waals surface area (Å²) in [5.74, 6) is 0.921. The number of hydrogen-bond acceptors (Lipinski definition) is 2. The number of carbonyl (C=O) groups excluding carboxylic acids is 1. The molecule has 1 saturated heterocycles. The molecule has 1 aliphatic heterocycles. The summed E-state index contributed by atoms with van der Waals surface area (Å²) in [5.41, 5.74) is -0.635. The molecule has 2 atom stereocenters. The quantitative estimate of drug-likeness (QED) is 0.779. The van der Waals surface area contributed by atoms with Crippen molar-refractivity contribution in [1.82, 2.24) is 10.6 Å². The van der Waals surface area contributed by atoms with E-state index in [1.807, 2.05) is 0 Å². The van der Waals surface area contributed by atoms with Crippen molar-refractivity contribution in [3.8, 4) is 0 Å². The highest BCUT2D eigenvalue weighted by atomic mass is 19.4. The number of halogens is 3. The first-order valence-electron chi connectivity index (χ1n) is 6.40. The van der Waals surface area contributed by atoms with Crippen molar-refractivity contribution in [1.29, 1.82) is 0 Å². The van der Waals surface area contributed by atoms with Crippen LogP contribution >= 0.6 is 0 Å². The Balaban J connectivity index is 1.59. The smallest absolute Gasteiger partial charge is 0.334 e. The zero-order chi connectivity index (χ0) is 14.3. The van der Waals surface area contributed by atoms with Gasteiger partial charge in [-0.3, -0.25) is 0 Å². The van der Waals surface area contributed by atoms with Crippen LogP contribution in [0.2, 0.25) is 0 Å². The van der Waals surface area contributed by atoms with Gasteiger partial charge in [0.25, 0.3) is 0 Å². The molecule has 2 fully saturated rings. The number of rotatable bonds is 2. The van der Waals surface area contributed by atoms with Gasteiger partial charge in [0.2, 0.25) is 0 Å². The van der Waals surface area contributed by atoms with Crippen LogP contribution in [0.15, 0.2) is 24.3 Å². The van der Waals surface area contributed by atoms with E-state index in [-0.39, 0.29) is 11.7 Å². The van der Waals surface area contributed by atoms with Gasteiger partial charge in [0.15, 0.2) is 0 Å². The molecular formula is C13H14F3N3O. The molecule has 20 heavy (non-hydrogen) atoms. The van der Waals surface area contributed by atoms with Crippen molar-refractivity contribution >= 4 is 11.7 Å². The van der Waals surface area contributed by atoms with Crippen LogP contribution in [-0.2, 0) is 6.18 Å². The number of piperidine rings is 1. The maximum Gasteiger partial charge on any atom is 0.416 e. The normalized spacial score (nSPS) is 27.9. The van der Waals surface area contributed by atoms with Gasteiger partial charge in [0, 0.05) is 24.8 Å². The molecule has 0 spiro atoms. The van der Waals surface area contributed by atoms with Gasteiger partial charge in [-0.15, -0.1) is 0 Å². The molecule has 3 rings (SSSR count). The number of alkyl halides is 3. The number of amides is 2. The van der Waals surface area contributed by atoms with Gasteiger partial charge in [0.05, 0.1) is 5.56 Å². The molecule has 0 bridgehead atoms. The summed E-state index contributed by atoms with van der Waals surface area (Å²) in [6, 6.07) is 4.29. The molecule has 0 radical (unpaired) electrons. The minimum Gasteiger partial charge on any atom is -0.334 e. The summed E-state index contributed by atoms with van der Waals surface area (Å²) in [7, 11) is 0. The fourth-order valence-corrected chi connectivity index (χ4v) is 2.72. The van der Waals surface area contributed by atoms with E-state index in [4.69, 9.17) is 0 Å². The summed E-state index contributed by atoms with van der Waals surface area (Å²) < 4.78 is 37.6. The molecule has 1 saturated carbocycles. The first-order chi connectivity index (χ1) is 9.45. The SMILES string of the molecule is O=C(Nc1cccc(C(F)(F)F)c1)NC1C2CNCC21. The summed E-state index contributed by atoms with van der Waals surface area (Å²) in [6.07, 6.45) is -4.41. The first-order valence-corrected chi connectivity index (χ1v) is 6.40. The number of nitrogens with one attached hydrogen (secondary N) is 3. The van der Waals surface area contributed by atoms with Crippen molar-refractivity contribution in [2.75, 3.05) is 18.4 Å². The molecule has 1 aromatic carbocycles. The van der Waals surface area contributed by atoms with Gasteiger partial charge >= 0.3 is 12.2 Å². The van der Waals surface area contributed by atoms with Crippen LogP contribution in [0.1, 0.15) is 5.56 Å². The highest BCUT2D eigenvalue weighted by Crippen LogP contribution is 2.41. The van der Waals surface area contributed by atoms with Crippen molar-refractivity contribution in [2.45, 2.75) is 12.2 Å². The fraction of sp³-hybridized carbons (Fsp3) is 0.462. The van der Waals surface area contributed by atoms with Crippen molar-refractivity contribution in [3.63, 3.8) is 0 Å². The van der Waals surface area contributed by atoms with Crippen LogP contribution in [0.25, 0.3) is 0 Å². The van der Waals surface area contributed by atoms with E-state index in [0.717, 1.165) is 25.2 Å². The number of hydrogen-bond donors (Lipinski definition) is 3. The Morgan fingerprint density at radius 1 is 1.25 bits per heavy atom. The summed E-state index contributed by atoms with van der Waals surface area (Å²) in [6.45, 7) is 1.78. The number of fused-ring (bicyclic) bond motifs is 1. The maximum atomic E-state index is 12.5. The molecule has 3 N–H and O–H groups in total. The van der Waals surface area contributed by atoms with Crippen molar-refractivity contribution in [2.24, 2.45) is 11.8 Å². The Hall–Kier alpha value is -1.76. The monoisotopic (exact) mass is 285 g/mol. The Bertz CT molecular complexity index is 522. The third kappa shape index (κ3) is 2.58. The van der Waals surface area contributed by atoms with E-state index in [0.29, 0.717) is 11.8 Å². The molecule has 0 aromatic heterocycles. The second-order valence-corrected chi connectivity index (χ2v) is 5.19. The number of anilines is 1. The van der Waals surface area contributed by atoms with E-state index >= 15 is 0 Å². The van der Waals surface area contributed by atoms with E-state index < -0.39 is 17.8 Å². The van der Waals surface area contributed by atoms with Gasteiger partial charge in [-0.25, -0.2) is 4.79 Å². The average molecular weight is 285 g/mol. The van der Waals surface area contributed by atoms with E-state index in [1.165, 1.54) is 12.1 Å². The summed E-state index contributed by atoms with van der Waals surface area (Å²) in [4.78, 5) is 11.7. The standard InChI is InChI=1S/C13H14F3N3O/c14-13(15,16)7-2-1-3-8(4-7)18-12(20)19-11-9-5-17-6-10(9)11/h1-4,9-11,17H,5-6H2,(H2,18,19,20). The lowest BCUT2D eigenvalue weighted by atomic mass is 10.2. The molecule has 2 amide bonds. The van der Waals surface area contributed by atoms with Gasteiger partial charge in [-0.1, -0.05) is 6.07 Å². The Kier molecular flexibility index (Phi) is 3.08. The lowest BCUT2D eigenvalue weighted by Gasteiger charge is -2.11. The van der Waals surface area contributed by atoms with Crippen LogP contribution in [0.3, 0.4) is 0 Å². The Morgan fingerprint density at radius 2 is 1.95 bits per heavy atom. The van der Waals surface area contributed by atoms with Crippen LogP contribution in [0.4, 0.5) is 23.7 Å². The van der Waals surface area contributed by atoms with E-state index in [9.17, 15) is 18.0 Å². The van der Waals surface area contributed by atoms with Gasteiger partial charge in [-0.2, -0.15) is 13.2 Å². The molecule has 7 heteroatoms. The second-order valence-electron chi connectivity index (χ2n) is 5.19. The molecule has 1 heterocycles. The zero-order valence-corrected chi connectivity index (χ0v) is 10.5. The molecule has 4 nitrogen and oxygen atoms in total. The predicted octanol–water partition coefficient (Wildman–Crippen LogP) is 2.04. The van der Waals surface area contributed by atoms with Crippen LogP contribution in [-0.4, -0.2) is 25.2 Å². The predicted molar refractivity (Wildman–Crippen MR) is 67.2 cm³/mol. The van der Waals surface area contributed by atoms with Crippen LogP contribution in [0.5, 0.6) is 0 Å². The number of carbonyl (C=O) groups is 1. The minimum atomic E-state index is -4.41. The van der Waals surface area contributed by atoms with E-state index in [2.05, 4.69) is 16.0 Å². The summed E-state index contributed by atoms with van der Waals surface area (Å²) in [5, 5.41) is 8.44. The van der Waals surface area contributed by atoms with Crippen LogP contribution < -0.4 is 16.0 Å². The molecule has 1 aromatic rings. The largest absolute Gasteiger partial charge is 0.416 e. The minimum absolute atomic E-state index is 0.140. The topological polar surface area (TPSA) is 53.2 Å². The Morgan fingerprint density at radius 3 is 2.60 bits per heavy atom. The third-order valence-corrected chi connectivity index (χ3v) is 3.84. The summed E-state index contributed by atoms with van der Waals surface area (Å²) >= 11 is 0. The number of urea groups is 1.